The van der Waals surface area contributed by atoms with Gasteiger partial charge in [0.05, 0.1) is 24.9 Å². The van der Waals surface area contributed by atoms with E-state index in [0.717, 1.165) is 21.7 Å². The summed E-state index contributed by atoms with van der Waals surface area (Å²) < 4.78 is 6.81. The Morgan fingerprint density at radius 2 is 1.74 bits per heavy atom. The number of carbonyl (C=O) groups is 2. The van der Waals surface area contributed by atoms with Crippen molar-refractivity contribution in [2.75, 3.05) is 12.4 Å². The first kappa shape index (κ1) is 27.3. The van der Waals surface area contributed by atoms with Crippen molar-refractivity contribution >= 4 is 51.2 Å². The zero-order chi connectivity index (χ0) is 28.9. The van der Waals surface area contributed by atoms with Crippen LogP contribution in [0.4, 0.5) is 5.69 Å². The lowest BCUT2D eigenvalue weighted by atomic mass is 10.1. The number of benzene rings is 3. The van der Waals surface area contributed by atoms with Crippen LogP contribution in [0.15, 0.2) is 102 Å². The standard InChI is InChI=1S/C31H26N6O3S2/c1-40-23-15-13-22(14-16-23)32-31(39)30(27-12-7-17-41-27)36(18-28-33-25(20-42-28)21-8-3-2-4-9-21)29(38)19-37-26-11-6-5-10-24(26)34-35-37/h2-17,20,30H,18-19H2,1H3,(H,32,39). The Hall–Kier alpha value is -4.87. The van der Waals surface area contributed by atoms with Crippen molar-refractivity contribution in [3.63, 3.8) is 0 Å². The van der Waals surface area contributed by atoms with Gasteiger partial charge in [0.15, 0.2) is 0 Å². The van der Waals surface area contributed by atoms with E-state index < -0.39 is 6.04 Å². The number of amides is 2. The zero-order valence-electron chi connectivity index (χ0n) is 22.6. The van der Waals surface area contributed by atoms with Crippen LogP contribution in [0.1, 0.15) is 15.9 Å². The lowest BCUT2D eigenvalue weighted by molar-refractivity contribution is -0.140. The Labute approximate surface area is 250 Å². The molecule has 6 aromatic rings. The predicted octanol–water partition coefficient (Wildman–Crippen LogP) is 6.03. The van der Waals surface area contributed by atoms with Crippen LogP contribution in [0.25, 0.3) is 22.3 Å². The summed E-state index contributed by atoms with van der Waals surface area (Å²) in [4.78, 5) is 35.2. The van der Waals surface area contributed by atoms with Crippen LogP contribution in [-0.2, 0) is 22.7 Å². The van der Waals surface area contributed by atoms with Gasteiger partial charge in [-0.15, -0.1) is 27.8 Å². The Balaban J connectivity index is 1.35. The molecule has 0 aliphatic heterocycles. The lowest BCUT2D eigenvalue weighted by Crippen LogP contribution is -2.42. The van der Waals surface area contributed by atoms with Crippen molar-refractivity contribution in [2.24, 2.45) is 0 Å². The zero-order valence-corrected chi connectivity index (χ0v) is 24.2. The minimum Gasteiger partial charge on any atom is -0.497 e. The van der Waals surface area contributed by atoms with E-state index in [1.807, 2.05) is 77.5 Å². The SMILES string of the molecule is COc1ccc(NC(=O)C(c2cccs2)N(Cc2nc(-c3ccccc3)cs2)C(=O)Cn2nnc3ccccc32)cc1. The molecule has 1 N–H and O–H groups in total. The van der Waals surface area contributed by atoms with Gasteiger partial charge < -0.3 is 15.0 Å². The van der Waals surface area contributed by atoms with Crippen molar-refractivity contribution in [1.82, 2.24) is 24.9 Å². The maximum absolute atomic E-state index is 14.1. The first-order valence-corrected chi connectivity index (χ1v) is 14.9. The maximum Gasteiger partial charge on any atom is 0.252 e. The summed E-state index contributed by atoms with van der Waals surface area (Å²) in [5.41, 5.74) is 3.83. The van der Waals surface area contributed by atoms with Crippen LogP contribution in [0.3, 0.4) is 0 Å². The highest BCUT2D eigenvalue weighted by atomic mass is 32.1. The molecule has 3 aromatic heterocycles. The van der Waals surface area contributed by atoms with Gasteiger partial charge in [0.2, 0.25) is 5.91 Å². The lowest BCUT2D eigenvalue weighted by Gasteiger charge is -2.30. The third kappa shape index (κ3) is 5.92. The average molecular weight is 595 g/mol. The summed E-state index contributed by atoms with van der Waals surface area (Å²) in [6, 6.07) is 27.2. The van der Waals surface area contributed by atoms with Gasteiger partial charge in [0, 0.05) is 21.5 Å². The molecule has 210 valence electrons. The van der Waals surface area contributed by atoms with Crippen molar-refractivity contribution in [3.05, 3.63) is 112 Å². The Morgan fingerprint density at radius 3 is 2.50 bits per heavy atom. The summed E-state index contributed by atoms with van der Waals surface area (Å²) in [6.45, 7) is 0.0523. The molecular weight excluding hydrogens is 569 g/mol. The molecule has 0 saturated heterocycles. The number of fused-ring (bicyclic) bond motifs is 1. The minimum atomic E-state index is -0.904. The first-order chi connectivity index (χ1) is 20.6. The molecule has 3 aromatic carbocycles. The number of ether oxygens (including phenoxy) is 1. The second-order valence-electron chi connectivity index (χ2n) is 9.39. The number of anilines is 1. The minimum absolute atomic E-state index is 0.0882. The van der Waals surface area contributed by atoms with Crippen molar-refractivity contribution in [1.29, 1.82) is 0 Å². The van der Waals surface area contributed by atoms with E-state index in [1.165, 1.54) is 22.7 Å². The number of methoxy groups -OCH3 is 1. The molecule has 42 heavy (non-hydrogen) atoms. The monoisotopic (exact) mass is 594 g/mol. The Morgan fingerprint density at radius 1 is 0.952 bits per heavy atom. The first-order valence-electron chi connectivity index (χ1n) is 13.1. The van der Waals surface area contributed by atoms with Crippen LogP contribution >= 0.6 is 22.7 Å². The van der Waals surface area contributed by atoms with E-state index in [0.29, 0.717) is 22.0 Å². The topological polar surface area (TPSA) is 102 Å². The van der Waals surface area contributed by atoms with Gasteiger partial charge in [-0.25, -0.2) is 9.67 Å². The Kier molecular flexibility index (Phi) is 8.02. The van der Waals surface area contributed by atoms with Crippen LogP contribution in [-0.4, -0.2) is 43.8 Å². The third-order valence-corrected chi connectivity index (χ3v) is 8.44. The van der Waals surface area contributed by atoms with Gasteiger partial charge in [-0.2, -0.15) is 0 Å². The molecule has 1 unspecified atom stereocenters. The van der Waals surface area contributed by atoms with Gasteiger partial charge in [-0.1, -0.05) is 53.7 Å². The number of nitrogens with one attached hydrogen (secondary N) is 1. The molecule has 0 aliphatic rings. The second kappa shape index (κ2) is 12.3. The van der Waals surface area contributed by atoms with E-state index in [1.54, 1.807) is 41.0 Å². The van der Waals surface area contributed by atoms with Crippen LogP contribution in [0.2, 0.25) is 0 Å². The molecule has 9 nitrogen and oxygen atoms in total. The van der Waals surface area contributed by atoms with E-state index in [4.69, 9.17) is 9.72 Å². The van der Waals surface area contributed by atoms with Gasteiger partial charge in [0.1, 0.15) is 28.9 Å². The highest BCUT2D eigenvalue weighted by molar-refractivity contribution is 7.10. The van der Waals surface area contributed by atoms with Crippen molar-refractivity contribution in [3.8, 4) is 17.0 Å². The number of thiazole rings is 1. The fourth-order valence-electron chi connectivity index (χ4n) is 4.60. The second-order valence-corrected chi connectivity index (χ2v) is 11.3. The molecule has 3 heterocycles. The molecule has 0 bridgehead atoms. The van der Waals surface area contributed by atoms with E-state index in [-0.39, 0.29) is 24.9 Å². The Bertz CT molecular complexity index is 1800. The van der Waals surface area contributed by atoms with E-state index in [2.05, 4.69) is 15.6 Å². The molecule has 0 spiro atoms. The highest BCUT2D eigenvalue weighted by Crippen LogP contribution is 2.31. The summed E-state index contributed by atoms with van der Waals surface area (Å²) in [5, 5.41) is 16.0. The fraction of sp³-hybridized carbons (Fsp3) is 0.129. The summed E-state index contributed by atoms with van der Waals surface area (Å²) in [7, 11) is 1.59. The molecule has 0 aliphatic carbocycles. The van der Waals surface area contributed by atoms with Crippen LogP contribution in [0, 0.1) is 0 Å². The summed E-state index contributed by atoms with van der Waals surface area (Å²) in [5.74, 6) is 0.0577. The van der Waals surface area contributed by atoms with E-state index >= 15 is 0 Å². The average Bonchev–Trinajstić information content (AvgIpc) is 3.80. The van der Waals surface area contributed by atoms with Crippen molar-refractivity contribution < 1.29 is 14.3 Å². The highest BCUT2D eigenvalue weighted by Gasteiger charge is 2.33. The number of rotatable bonds is 10. The van der Waals surface area contributed by atoms with E-state index in [9.17, 15) is 9.59 Å². The molecule has 11 heteroatoms. The van der Waals surface area contributed by atoms with Gasteiger partial charge in [0.25, 0.3) is 5.91 Å². The predicted molar refractivity (Wildman–Crippen MR) is 164 cm³/mol. The largest absolute Gasteiger partial charge is 0.497 e. The number of carbonyl (C=O) groups excluding carboxylic acids is 2. The molecule has 0 radical (unpaired) electrons. The molecule has 2 amide bonds. The quantitative estimate of drug-likeness (QED) is 0.208. The molecule has 1 atom stereocenters. The normalized spacial score (nSPS) is 11.7. The summed E-state index contributed by atoms with van der Waals surface area (Å²) in [6.07, 6.45) is 0. The number of thiophene rings is 1. The molecule has 0 fully saturated rings. The number of para-hydroxylation sites is 1. The van der Waals surface area contributed by atoms with Crippen molar-refractivity contribution in [2.45, 2.75) is 19.1 Å². The van der Waals surface area contributed by atoms with Crippen LogP contribution in [0.5, 0.6) is 5.75 Å². The number of hydrogen-bond acceptors (Lipinski definition) is 8. The number of nitrogens with zero attached hydrogens (tertiary/aromatic N) is 5. The molecular formula is C31H26N6O3S2. The maximum atomic E-state index is 14.1. The van der Waals surface area contributed by atoms with Crippen LogP contribution < -0.4 is 10.1 Å². The molecule has 0 saturated carbocycles. The molecule has 6 rings (SSSR count). The number of aromatic nitrogens is 4. The summed E-state index contributed by atoms with van der Waals surface area (Å²) >= 11 is 2.87. The fourth-order valence-corrected chi connectivity index (χ4v) is 6.24. The third-order valence-electron chi connectivity index (χ3n) is 6.68. The van der Waals surface area contributed by atoms with Gasteiger partial charge in [-0.05, 0) is 47.8 Å². The number of hydrogen-bond donors (Lipinski definition) is 1. The smallest absolute Gasteiger partial charge is 0.252 e. The van der Waals surface area contributed by atoms with Gasteiger partial charge in [-0.3, -0.25) is 9.59 Å². The van der Waals surface area contributed by atoms with Gasteiger partial charge >= 0.3 is 0 Å².